The van der Waals surface area contributed by atoms with Crippen LogP contribution < -0.4 is 10.9 Å². The number of hydrogen-bond acceptors (Lipinski definition) is 6. The quantitative estimate of drug-likeness (QED) is 0.704. The molecule has 0 saturated heterocycles. The molecule has 114 valence electrons. The Bertz CT molecular complexity index is 910. The Labute approximate surface area is 135 Å². The second-order valence-corrected chi connectivity index (χ2v) is 4.92. The van der Waals surface area contributed by atoms with E-state index in [0.29, 0.717) is 27.9 Å². The Hall–Kier alpha value is -3.18. The predicted molar refractivity (Wildman–Crippen MR) is 84.3 cm³/mol. The first-order valence-electron chi connectivity index (χ1n) is 6.56. The van der Waals surface area contributed by atoms with Crippen LogP contribution in [0.25, 0.3) is 17.2 Å². The van der Waals surface area contributed by atoms with E-state index in [2.05, 4.69) is 25.6 Å². The SMILES string of the molecule is N#CCNc1cc(=O)n(-c2ccc(Cl)cc2)nc1-c1ncn[nH]1. The number of aromatic amines is 1. The Morgan fingerprint density at radius 1 is 1.35 bits per heavy atom. The number of nitrogens with one attached hydrogen (secondary N) is 2. The van der Waals surface area contributed by atoms with Gasteiger partial charge in [0.05, 0.1) is 17.4 Å². The fraction of sp³-hybridized carbons (Fsp3) is 0.0714. The van der Waals surface area contributed by atoms with Crippen LogP contribution in [0.3, 0.4) is 0 Å². The lowest BCUT2D eigenvalue weighted by atomic mass is 10.3. The summed E-state index contributed by atoms with van der Waals surface area (Å²) in [4.78, 5) is 16.4. The lowest BCUT2D eigenvalue weighted by molar-refractivity contribution is 0.809. The zero-order valence-corrected chi connectivity index (χ0v) is 12.4. The second-order valence-electron chi connectivity index (χ2n) is 4.48. The van der Waals surface area contributed by atoms with Crippen molar-refractivity contribution in [1.82, 2.24) is 25.0 Å². The standard InChI is InChI=1S/C14H10ClN7O/c15-9-1-3-10(4-2-9)22-12(23)7-11(17-6-5-16)13(21-22)14-18-8-19-20-14/h1-4,7-8,17H,6H2,(H,18,19,20). The minimum atomic E-state index is -0.351. The summed E-state index contributed by atoms with van der Waals surface area (Å²) in [5.41, 5.74) is 0.994. The van der Waals surface area contributed by atoms with Crippen molar-refractivity contribution in [3.05, 3.63) is 52.0 Å². The van der Waals surface area contributed by atoms with Gasteiger partial charge in [-0.25, -0.2) is 4.98 Å². The third-order valence-corrected chi connectivity index (χ3v) is 3.25. The summed E-state index contributed by atoms with van der Waals surface area (Å²) in [7, 11) is 0. The zero-order chi connectivity index (χ0) is 16.2. The molecule has 8 nitrogen and oxygen atoms in total. The van der Waals surface area contributed by atoms with E-state index in [1.165, 1.54) is 17.1 Å². The van der Waals surface area contributed by atoms with Gasteiger partial charge >= 0.3 is 0 Å². The highest BCUT2D eigenvalue weighted by Crippen LogP contribution is 2.21. The predicted octanol–water partition coefficient (Wildman–Crippen LogP) is 1.61. The van der Waals surface area contributed by atoms with E-state index in [0.717, 1.165) is 0 Å². The zero-order valence-electron chi connectivity index (χ0n) is 11.7. The van der Waals surface area contributed by atoms with Crippen LogP contribution in [0, 0.1) is 11.3 Å². The van der Waals surface area contributed by atoms with Crippen molar-refractivity contribution in [2.45, 2.75) is 0 Å². The lowest BCUT2D eigenvalue weighted by Gasteiger charge is -2.10. The molecule has 0 aliphatic carbocycles. The van der Waals surface area contributed by atoms with E-state index in [9.17, 15) is 4.79 Å². The molecule has 0 saturated carbocycles. The first kappa shape index (κ1) is 14.7. The molecular weight excluding hydrogens is 318 g/mol. The van der Waals surface area contributed by atoms with Crippen molar-refractivity contribution in [1.29, 1.82) is 5.26 Å². The Morgan fingerprint density at radius 3 is 2.78 bits per heavy atom. The smallest absolute Gasteiger partial charge is 0.273 e. The molecule has 2 aromatic heterocycles. The topological polar surface area (TPSA) is 112 Å². The van der Waals surface area contributed by atoms with Crippen LogP contribution in [0.5, 0.6) is 0 Å². The molecule has 23 heavy (non-hydrogen) atoms. The molecule has 3 rings (SSSR count). The molecule has 1 aromatic carbocycles. The third-order valence-electron chi connectivity index (χ3n) is 3.00. The molecule has 0 unspecified atom stereocenters. The van der Waals surface area contributed by atoms with Gasteiger partial charge in [-0.3, -0.25) is 9.89 Å². The molecule has 0 atom stereocenters. The summed E-state index contributed by atoms with van der Waals surface area (Å²) < 4.78 is 1.23. The van der Waals surface area contributed by atoms with Crippen molar-refractivity contribution in [3.8, 4) is 23.3 Å². The molecule has 0 fully saturated rings. The van der Waals surface area contributed by atoms with Crippen LogP contribution in [0.4, 0.5) is 5.69 Å². The Kier molecular flexibility index (Phi) is 4.03. The van der Waals surface area contributed by atoms with Gasteiger partial charge < -0.3 is 5.32 Å². The molecule has 3 aromatic rings. The molecule has 0 bridgehead atoms. The summed E-state index contributed by atoms with van der Waals surface area (Å²) in [5.74, 6) is 0.383. The summed E-state index contributed by atoms with van der Waals surface area (Å²) in [6.07, 6.45) is 1.34. The van der Waals surface area contributed by atoms with E-state index >= 15 is 0 Å². The highest BCUT2D eigenvalue weighted by molar-refractivity contribution is 6.30. The molecule has 0 spiro atoms. The number of nitrogens with zero attached hydrogens (tertiary/aromatic N) is 5. The first-order chi connectivity index (χ1) is 11.2. The van der Waals surface area contributed by atoms with Gasteiger partial charge in [-0.1, -0.05) is 11.6 Å². The Morgan fingerprint density at radius 2 is 2.13 bits per heavy atom. The lowest BCUT2D eigenvalue weighted by Crippen LogP contribution is -2.22. The minimum absolute atomic E-state index is 0.0349. The van der Waals surface area contributed by atoms with E-state index in [4.69, 9.17) is 16.9 Å². The first-order valence-corrected chi connectivity index (χ1v) is 6.93. The summed E-state index contributed by atoms with van der Waals surface area (Å²) in [5, 5.41) is 22.9. The van der Waals surface area contributed by atoms with Crippen molar-refractivity contribution >= 4 is 17.3 Å². The number of halogens is 1. The van der Waals surface area contributed by atoms with Gasteiger partial charge in [0.2, 0.25) is 0 Å². The minimum Gasteiger partial charge on any atom is -0.370 e. The fourth-order valence-electron chi connectivity index (χ4n) is 1.99. The van der Waals surface area contributed by atoms with Crippen LogP contribution in [-0.2, 0) is 0 Å². The molecule has 0 amide bonds. The van der Waals surface area contributed by atoms with Crippen molar-refractivity contribution in [2.24, 2.45) is 0 Å². The van der Waals surface area contributed by atoms with Gasteiger partial charge in [0.25, 0.3) is 5.56 Å². The van der Waals surface area contributed by atoms with Crippen molar-refractivity contribution in [3.63, 3.8) is 0 Å². The molecule has 9 heteroatoms. The molecule has 2 heterocycles. The van der Waals surface area contributed by atoms with Gasteiger partial charge in [0.1, 0.15) is 12.9 Å². The summed E-state index contributed by atoms with van der Waals surface area (Å²) in [6.45, 7) is 0.0349. The highest BCUT2D eigenvalue weighted by Gasteiger charge is 2.14. The normalized spacial score (nSPS) is 10.3. The number of nitriles is 1. The van der Waals surface area contributed by atoms with Gasteiger partial charge in [-0.2, -0.15) is 20.1 Å². The monoisotopic (exact) mass is 327 g/mol. The number of rotatable bonds is 4. The fourth-order valence-corrected chi connectivity index (χ4v) is 2.11. The van der Waals surface area contributed by atoms with E-state index < -0.39 is 0 Å². The molecule has 0 aliphatic rings. The maximum absolute atomic E-state index is 12.3. The summed E-state index contributed by atoms with van der Waals surface area (Å²) in [6, 6.07) is 10.0. The number of aromatic nitrogens is 5. The molecular formula is C14H10ClN7O. The molecule has 0 radical (unpaired) electrons. The van der Waals surface area contributed by atoms with Gasteiger partial charge in [-0.05, 0) is 24.3 Å². The van der Waals surface area contributed by atoms with Crippen LogP contribution in [0.1, 0.15) is 0 Å². The summed E-state index contributed by atoms with van der Waals surface area (Å²) >= 11 is 5.86. The third kappa shape index (κ3) is 3.04. The maximum atomic E-state index is 12.3. The van der Waals surface area contributed by atoms with Gasteiger partial charge in [0.15, 0.2) is 11.5 Å². The van der Waals surface area contributed by atoms with Crippen LogP contribution >= 0.6 is 11.6 Å². The van der Waals surface area contributed by atoms with Crippen molar-refractivity contribution < 1.29 is 0 Å². The average molecular weight is 328 g/mol. The molecule has 2 N–H and O–H groups in total. The van der Waals surface area contributed by atoms with E-state index in [-0.39, 0.29) is 12.1 Å². The second kappa shape index (κ2) is 6.29. The van der Waals surface area contributed by atoms with Crippen LogP contribution in [-0.4, -0.2) is 31.5 Å². The number of H-pyrrole nitrogens is 1. The maximum Gasteiger partial charge on any atom is 0.273 e. The van der Waals surface area contributed by atoms with Gasteiger partial charge in [-0.15, -0.1) is 0 Å². The van der Waals surface area contributed by atoms with Gasteiger partial charge in [0, 0.05) is 11.1 Å². The number of benzene rings is 1. The highest BCUT2D eigenvalue weighted by atomic mass is 35.5. The van der Waals surface area contributed by atoms with E-state index in [1.807, 2.05) is 6.07 Å². The largest absolute Gasteiger partial charge is 0.370 e. The van der Waals surface area contributed by atoms with E-state index in [1.54, 1.807) is 24.3 Å². The average Bonchev–Trinajstić information content (AvgIpc) is 3.08. The number of anilines is 1. The number of hydrogen-bond donors (Lipinski definition) is 2. The van der Waals surface area contributed by atoms with Crippen LogP contribution in [0.2, 0.25) is 5.02 Å². The molecule has 0 aliphatic heterocycles. The van der Waals surface area contributed by atoms with Crippen molar-refractivity contribution in [2.75, 3.05) is 11.9 Å². The van der Waals surface area contributed by atoms with Crippen LogP contribution in [0.15, 0.2) is 41.5 Å². The Balaban J connectivity index is 2.15.